The average molecular weight is 296 g/mol. The van der Waals surface area contributed by atoms with Crippen LogP contribution in [-0.2, 0) is 4.79 Å². The number of alkyl halides is 3. The lowest BCUT2D eigenvalue weighted by molar-refractivity contribution is -0.134. The summed E-state index contributed by atoms with van der Waals surface area (Å²) in [6, 6.07) is 0. The summed E-state index contributed by atoms with van der Waals surface area (Å²) in [5.74, 6) is -0.833. The number of rotatable bonds is 0. The van der Waals surface area contributed by atoms with Gasteiger partial charge in [0.2, 0.25) is 0 Å². The summed E-state index contributed by atoms with van der Waals surface area (Å²) in [5, 5.41) is 14.4. The molecule has 0 unspecified atom stereocenters. The molecule has 0 heterocycles. The molecule has 0 bridgehead atoms. The molecule has 0 saturated heterocycles. The predicted molar refractivity (Wildman–Crippen MR) is 70.5 cm³/mol. The summed E-state index contributed by atoms with van der Waals surface area (Å²) in [6.45, 7) is 1.08. The van der Waals surface area contributed by atoms with E-state index in [0.717, 1.165) is 14.0 Å². The van der Waals surface area contributed by atoms with E-state index in [9.17, 15) is 0 Å². The van der Waals surface area contributed by atoms with Crippen molar-refractivity contribution in [3.63, 3.8) is 0 Å². The number of hydrogen-bond donors (Lipinski definition) is 2. The Balaban J connectivity index is -0.000000152. The smallest absolute Gasteiger partial charge is 0.300 e. The van der Waals surface area contributed by atoms with Crippen molar-refractivity contribution in [3.05, 3.63) is 0 Å². The van der Waals surface area contributed by atoms with Crippen LogP contribution in [0, 0.1) is 0 Å². The molecule has 0 aliphatic heterocycles. The Morgan fingerprint density at radius 1 is 0.938 bits per heavy atom. The normalized spacial score (nSPS) is 13.2. The molecule has 0 aromatic heterocycles. The lowest BCUT2D eigenvalue weighted by Crippen LogP contribution is -1.85. The molecule has 0 spiro atoms. The summed E-state index contributed by atoms with van der Waals surface area (Å²) in [7, 11) is 1.00. The minimum Gasteiger partial charge on any atom is -0.481 e. The Labute approximate surface area is 113 Å². The molecule has 1 rings (SSSR count). The molecule has 1 aliphatic carbocycles. The first-order valence-corrected chi connectivity index (χ1v) is 6.34. The molecular weight excluding hydrogens is 274 g/mol. The van der Waals surface area contributed by atoms with Crippen molar-refractivity contribution in [3.8, 4) is 0 Å². The highest BCUT2D eigenvalue weighted by atomic mass is 35.6. The van der Waals surface area contributed by atoms with Gasteiger partial charge in [-0.05, 0) is 0 Å². The van der Waals surface area contributed by atoms with Gasteiger partial charge in [0.1, 0.15) is 0 Å². The summed E-state index contributed by atoms with van der Waals surface area (Å²) in [4.78, 5) is 9.00. The van der Waals surface area contributed by atoms with Gasteiger partial charge in [-0.2, -0.15) is 0 Å². The monoisotopic (exact) mass is 294 g/mol. The van der Waals surface area contributed by atoms with E-state index >= 15 is 0 Å². The van der Waals surface area contributed by atoms with Crippen LogP contribution in [0.25, 0.3) is 0 Å². The molecule has 1 fully saturated rings. The molecule has 0 atom stereocenters. The largest absolute Gasteiger partial charge is 0.481 e. The van der Waals surface area contributed by atoms with E-state index in [4.69, 9.17) is 49.8 Å². The average Bonchev–Trinajstić information content (AvgIpc) is 2.22. The zero-order chi connectivity index (χ0) is 13.4. The molecule has 2 N–H and O–H groups in total. The molecule has 0 amide bonds. The number of halogens is 3. The van der Waals surface area contributed by atoms with Crippen LogP contribution < -0.4 is 0 Å². The predicted octanol–water partition coefficient (Wildman–Crippen LogP) is 4.03. The Morgan fingerprint density at radius 2 is 1.00 bits per heavy atom. The molecule has 0 aromatic rings. The van der Waals surface area contributed by atoms with Gasteiger partial charge in [0, 0.05) is 14.0 Å². The number of aliphatic hydroxyl groups excluding tert-OH is 1. The second-order valence-corrected chi connectivity index (χ2v) is 4.87. The fourth-order valence-corrected chi connectivity index (χ4v) is 1.06. The van der Waals surface area contributed by atoms with Gasteiger partial charge in [-0.25, -0.2) is 0 Å². The first kappa shape index (κ1) is 21.6. The molecule has 100 valence electrons. The van der Waals surface area contributed by atoms with Gasteiger partial charge >= 0.3 is 0 Å². The Hall–Kier alpha value is 0.300. The van der Waals surface area contributed by atoms with Crippen LogP contribution in [-0.4, -0.2) is 27.6 Å². The third kappa shape index (κ3) is 63.7. The summed E-state index contributed by atoms with van der Waals surface area (Å²) < 4.78 is -0.750. The van der Waals surface area contributed by atoms with Crippen molar-refractivity contribution >= 4 is 40.8 Å². The van der Waals surface area contributed by atoms with Crippen LogP contribution in [0.15, 0.2) is 0 Å². The summed E-state index contributed by atoms with van der Waals surface area (Å²) in [5.41, 5.74) is 0. The number of carboxylic acids is 1. The Bertz CT molecular complexity index is 110. The highest BCUT2D eigenvalue weighted by molar-refractivity contribution is 6.63. The molecule has 1 aliphatic rings. The van der Waals surface area contributed by atoms with Crippen molar-refractivity contribution in [1.82, 2.24) is 0 Å². The maximum Gasteiger partial charge on any atom is 0.300 e. The zero-order valence-corrected chi connectivity index (χ0v) is 12.0. The Morgan fingerprint density at radius 3 is 1.06 bits per heavy atom. The second kappa shape index (κ2) is 20.7. The topological polar surface area (TPSA) is 57.5 Å². The van der Waals surface area contributed by atoms with Crippen LogP contribution >= 0.6 is 34.8 Å². The maximum absolute atomic E-state index is 9.00. The van der Waals surface area contributed by atoms with Crippen molar-refractivity contribution in [1.29, 1.82) is 0 Å². The van der Waals surface area contributed by atoms with Crippen LogP contribution in [0.4, 0.5) is 0 Å². The van der Waals surface area contributed by atoms with Gasteiger partial charge in [0.05, 0.1) is 0 Å². The second-order valence-electron chi connectivity index (χ2n) is 2.89. The molecule has 0 radical (unpaired) electrons. The van der Waals surface area contributed by atoms with Gasteiger partial charge < -0.3 is 10.2 Å². The standard InChI is InChI=1S/C6H12.C2H4O2.CHCl3.CH4O/c1-2-4-6-5-3-1;1-2(3)4;2-1(3)4;1-2/h1-6H2;1H3,(H,3,4);1H;2H,1H3. The highest BCUT2D eigenvalue weighted by Gasteiger charge is 1.95. The first-order chi connectivity index (χ1) is 7.46. The minimum absolute atomic E-state index is 0.750. The van der Waals surface area contributed by atoms with Gasteiger partial charge in [-0.3, -0.25) is 4.79 Å². The van der Waals surface area contributed by atoms with Gasteiger partial charge in [0.25, 0.3) is 5.97 Å². The van der Waals surface area contributed by atoms with Gasteiger partial charge in [-0.15, -0.1) is 0 Å². The summed E-state index contributed by atoms with van der Waals surface area (Å²) >= 11 is 14.4. The molecule has 6 heteroatoms. The highest BCUT2D eigenvalue weighted by Crippen LogP contribution is 2.15. The Kier molecular flexibility index (Phi) is 27.9. The van der Waals surface area contributed by atoms with Crippen molar-refractivity contribution in [2.75, 3.05) is 7.11 Å². The van der Waals surface area contributed by atoms with E-state index in [1.165, 1.54) is 38.5 Å². The minimum atomic E-state index is -0.833. The summed E-state index contributed by atoms with van der Waals surface area (Å²) in [6.07, 6.45) is 9.00. The van der Waals surface area contributed by atoms with Crippen molar-refractivity contribution in [2.45, 2.75) is 49.7 Å². The van der Waals surface area contributed by atoms with Crippen LogP contribution in [0.2, 0.25) is 0 Å². The SMILES string of the molecule is C1CCCCC1.CC(=O)O.CO.ClC(Cl)Cl. The lowest BCUT2D eigenvalue weighted by atomic mass is 10.0. The fourth-order valence-electron chi connectivity index (χ4n) is 1.06. The molecule has 16 heavy (non-hydrogen) atoms. The zero-order valence-electron chi connectivity index (χ0n) is 9.76. The van der Waals surface area contributed by atoms with Gasteiger partial charge in [-0.1, -0.05) is 73.3 Å². The van der Waals surface area contributed by atoms with Crippen molar-refractivity contribution in [2.24, 2.45) is 0 Å². The lowest BCUT2D eigenvalue weighted by Gasteiger charge is -2.05. The van der Waals surface area contributed by atoms with Gasteiger partial charge in [0.15, 0.2) is 4.30 Å². The van der Waals surface area contributed by atoms with E-state index < -0.39 is 10.3 Å². The number of hydrogen-bond acceptors (Lipinski definition) is 2. The number of aliphatic carboxylic acids is 1. The van der Waals surface area contributed by atoms with Crippen LogP contribution in [0.3, 0.4) is 0 Å². The van der Waals surface area contributed by atoms with Crippen molar-refractivity contribution < 1.29 is 15.0 Å². The van der Waals surface area contributed by atoms with E-state index in [1.807, 2.05) is 0 Å². The molecule has 0 aromatic carbocycles. The van der Waals surface area contributed by atoms with Crippen LogP contribution in [0.1, 0.15) is 45.4 Å². The molecular formula is C10H21Cl3O3. The number of aliphatic hydroxyl groups is 1. The van der Waals surface area contributed by atoms with E-state index in [2.05, 4.69) is 0 Å². The quantitative estimate of drug-likeness (QED) is 0.663. The van der Waals surface area contributed by atoms with E-state index in [1.54, 1.807) is 0 Å². The third-order valence-electron chi connectivity index (χ3n) is 1.50. The van der Waals surface area contributed by atoms with Crippen LogP contribution in [0.5, 0.6) is 0 Å². The van der Waals surface area contributed by atoms with E-state index in [0.29, 0.717) is 0 Å². The molecule has 3 nitrogen and oxygen atoms in total. The van der Waals surface area contributed by atoms with E-state index in [-0.39, 0.29) is 0 Å². The third-order valence-corrected chi connectivity index (χ3v) is 1.50. The first-order valence-electron chi connectivity index (χ1n) is 5.03. The number of carbonyl (C=O) groups is 1. The molecule has 1 saturated carbocycles. The maximum atomic E-state index is 9.00. The number of carboxylic acid groups (broad SMARTS) is 1. The fraction of sp³-hybridized carbons (Fsp3) is 0.900.